The lowest BCUT2D eigenvalue weighted by atomic mass is 10.2. The van der Waals surface area contributed by atoms with Crippen molar-refractivity contribution in [1.82, 2.24) is 9.38 Å². The van der Waals surface area contributed by atoms with Crippen molar-refractivity contribution in [2.75, 3.05) is 0 Å². The molecule has 0 amide bonds. The van der Waals surface area contributed by atoms with Crippen LogP contribution < -0.4 is 14.8 Å². The molecule has 0 saturated carbocycles. The Bertz CT molecular complexity index is 1370. The Balaban J connectivity index is 1.65. The zero-order valence-corrected chi connectivity index (χ0v) is 15.0. The predicted octanol–water partition coefficient (Wildman–Crippen LogP) is 4.25. The Labute approximate surface area is 158 Å². The van der Waals surface area contributed by atoms with Gasteiger partial charge in [0.15, 0.2) is 4.96 Å². The molecule has 0 atom stereocenters. The molecule has 0 fully saturated rings. The third-order valence-corrected chi connectivity index (χ3v) is 5.29. The molecule has 0 N–H and O–H groups in total. The van der Waals surface area contributed by atoms with E-state index in [0.717, 1.165) is 22.3 Å². The van der Waals surface area contributed by atoms with Gasteiger partial charge in [-0.2, -0.15) is 0 Å². The zero-order valence-electron chi connectivity index (χ0n) is 14.2. The number of hydrogen-bond donors (Lipinski definition) is 0. The summed E-state index contributed by atoms with van der Waals surface area (Å²) in [5, 5.41) is 0. The first-order valence-electron chi connectivity index (χ1n) is 8.53. The van der Waals surface area contributed by atoms with Crippen molar-refractivity contribution in [3.05, 3.63) is 99.3 Å². The lowest BCUT2D eigenvalue weighted by molar-refractivity contribution is 0.481. The number of para-hydroxylation sites is 4. The monoisotopic (exact) mass is 370 g/mol. The second kappa shape index (κ2) is 6.37. The fourth-order valence-corrected chi connectivity index (χ4v) is 4.04. The molecule has 3 aromatic carbocycles. The number of ether oxygens (including phenoxy) is 1. The Morgan fingerprint density at radius 3 is 2.52 bits per heavy atom. The fourth-order valence-electron chi connectivity index (χ4n) is 3.06. The van der Waals surface area contributed by atoms with Crippen LogP contribution in [0.2, 0.25) is 0 Å². The Morgan fingerprint density at radius 2 is 1.63 bits per heavy atom. The molecule has 0 spiro atoms. The Kier molecular flexibility index (Phi) is 3.73. The van der Waals surface area contributed by atoms with E-state index in [-0.39, 0.29) is 5.56 Å². The van der Waals surface area contributed by atoms with E-state index in [1.165, 1.54) is 11.3 Å². The minimum atomic E-state index is -0.0572. The average Bonchev–Trinajstić information content (AvgIpc) is 3.21. The van der Waals surface area contributed by atoms with Gasteiger partial charge in [-0.05, 0) is 36.4 Å². The molecule has 0 saturated heterocycles. The van der Waals surface area contributed by atoms with Gasteiger partial charge in [0.2, 0.25) is 0 Å². The minimum absolute atomic E-state index is 0.0572. The molecule has 5 heteroatoms. The normalized spacial score (nSPS) is 12.1. The maximum Gasteiger partial charge on any atom is 0.274 e. The van der Waals surface area contributed by atoms with E-state index in [0.29, 0.717) is 15.2 Å². The van der Waals surface area contributed by atoms with Crippen molar-refractivity contribution >= 4 is 33.4 Å². The summed E-state index contributed by atoms with van der Waals surface area (Å²) >= 11 is 1.39. The van der Waals surface area contributed by atoms with Crippen LogP contribution in [0.1, 0.15) is 5.56 Å². The second-order valence-corrected chi connectivity index (χ2v) is 7.10. The van der Waals surface area contributed by atoms with Gasteiger partial charge in [-0.25, -0.2) is 9.38 Å². The number of imidazole rings is 1. The van der Waals surface area contributed by atoms with Gasteiger partial charge in [-0.15, -0.1) is 0 Å². The van der Waals surface area contributed by atoms with Gasteiger partial charge in [0, 0.05) is 5.56 Å². The van der Waals surface area contributed by atoms with Crippen LogP contribution in [0.15, 0.2) is 83.7 Å². The molecule has 5 aromatic rings. The van der Waals surface area contributed by atoms with Gasteiger partial charge in [0.05, 0.1) is 15.6 Å². The highest BCUT2D eigenvalue weighted by Crippen LogP contribution is 2.25. The van der Waals surface area contributed by atoms with Gasteiger partial charge in [-0.3, -0.25) is 4.79 Å². The average molecular weight is 370 g/mol. The topological polar surface area (TPSA) is 43.6 Å². The lowest BCUT2D eigenvalue weighted by Gasteiger charge is -2.08. The van der Waals surface area contributed by atoms with E-state index in [1.807, 2.05) is 84.9 Å². The van der Waals surface area contributed by atoms with Crippen LogP contribution in [-0.2, 0) is 0 Å². The number of hydrogen-bond acceptors (Lipinski definition) is 4. The highest BCUT2D eigenvalue weighted by atomic mass is 32.1. The standard InChI is InChI=1S/C22H14N2O2S/c25-21-20(27-22-23-17-11-5-6-12-18(17)24(21)22)14-15-8-4-7-13-19(15)26-16-9-2-1-3-10-16/h1-14H/b20-14+. The molecular formula is C22H14N2O2S. The number of benzene rings is 3. The minimum Gasteiger partial charge on any atom is -0.457 e. The van der Waals surface area contributed by atoms with Gasteiger partial charge < -0.3 is 4.74 Å². The number of fused-ring (bicyclic) bond motifs is 3. The summed E-state index contributed by atoms with van der Waals surface area (Å²) < 4.78 is 8.30. The van der Waals surface area contributed by atoms with Crippen LogP contribution >= 0.6 is 11.3 Å². The molecule has 0 radical (unpaired) electrons. The van der Waals surface area contributed by atoms with Gasteiger partial charge in [0.25, 0.3) is 5.56 Å². The molecule has 2 aromatic heterocycles. The van der Waals surface area contributed by atoms with Crippen molar-refractivity contribution in [3.8, 4) is 11.5 Å². The largest absolute Gasteiger partial charge is 0.457 e. The molecule has 0 unspecified atom stereocenters. The molecule has 27 heavy (non-hydrogen) atoms. The summed E-state index contributed by atoms with van der Waals surface area (Å²) in [6, 6.07) is 25.0. The summed E-state index contributed by atoms with van der Waals surface area (Å²) in [5.41, 5.74) is 2.47. The third kappa shape index (κ3) is 2.78. The van der Waals surface area contributed by atoms with Crippen LogP contribution in [-0.4, -0.2) is 9.38 Å². The molecule has 5 rings (SSSR count). The molecule has 0 aliphatic carbocycles. The molecule has 4 nitrogen and oxygen atoms in total. The van der Waals surface area contributed by atoms with Crippen LogP contribution in [0.5, 0.6) is 11.5 Å². The van der Waals surface area contributed by atoms with E-state index in [1.54, 1.807) is 4.40 Å². The van der Waals surface area contributed by atoms with Crippen LogP contribution in [0.25, 0.3) is 22.1 Å². The van der Waals surface area contributed by atoms with Gasteiger partial charge >= 0.3 is 0 Å². The highest BCUT2D eigenvalue weighted by Gasteiger charge is 2.11. The van der Waals surface area contributed by atoms with Gasteiger partial charge in [0.1, 0.15) is 11.5 Å². The van der Waals surface area contributed by atoms with E-state index in [4.69, 9.17) is 4.74 Å². The quantitative estimate of drug-likeness (QED) is 0.477. The van der Waals surface area contributed by atoms with Crippen LogP contribution in [0.3, 0.4) is 0 Å². The maximum atomic E-state index is 12.9. The summed E-state index contributed by atoms with van der Waals surface area (Å²) in [6.45, 7) is 0. The number of nitrogens with zero attached hydrogens (tertiary/aromatic N) is 2. The van der Waals surface area contributed by atoms with E-state index in [9.17, 15) is 4.79 Å². The molecular weight excluding hydrogens is 356 g/mol. The summed E-state index contributed by atoms with van der Waals surface area (Å²) in [7, 11) is 0. The second-order valence-electron chi connectivity index (χ2n) is 6.09. The van der Waals surface area contributed by atoms with E-state index in [2.05, 4.69) is 4.98 Å². The number of aromatic nitrogens is 2. The van der Waals surface area contributed by atoms with Crippen molar-refractivity contribution in [2.45, 2.75) is 0 Å². The van der Waals surface area contributed by atoms with Crippen molar-refractivity contribution in [3.63, 3.8) is 0 Å². The lowest BCUT2D eigenvalue weighted by Crippen LogP contribution is -2.22. The first-order chi connectivity index (χ1) is 13.3. The van der Waals surface area contributed by atoms with Crippen molar-refractivity contribution in [1.29, 1.82) is 0 Å². The highest BCUT2D eigenvalue weighted by molar-refractivity contribution is 7.15. The fraction of sp³-hybridized carbons (Fsp3) is 0. The van der Waals surface area contributed by atoms with E-state index < -0.39 is 0 Å². The summed E-state index contributed by atoms with van der Waals surface area (Å²) in [5.74, 6) is 1.46. The molecule has 0 aliphatic rings. The SMILES string of the molecule is O=c1/c(=C\c2ccccc2Oc2ccccc2)sc2nc3ccccc3n12. The van der Waals surface area contributed by atoms with Crippen molar-refractivity contribution < 1.29 is 4.74 Å². The van der Waals surface area contributed by atoms with Gasteiger partial charge in [-0.1, -0.05) is 59.9 Å². The maximum absolute atomic E-state index is 12.9. The third-order valence-electron chi connectivity index (χ3n) is 4.32. The zero-order chi connectivity index (χ0) is 18.2. The first-order valence-corrected chi connectivity index (χ1v) is 9.35. The van der Waals surface area contributed by atoms with Crippen LogP contribution in [0.4, 0.5) is 0 Å². The van der Waals surface area contributed by atoms with E-state index >= 15 is 0 Å². The smallest absolute Gasteiger partial charge is 0.274 e. The Morgan fingerprint density at radius 1 is 0.889 bits per heavy atom. The van der Waals surface area contributed by atoms with Crippen molar-refractivity contribution in [2.24, 2.45) is 0 Å². The molecule has 130 valence electrons. The number of thiazole rings is 1. The summed E-state index contributed by atoms with van der Waals surface area (Å²) in [6.07, 6.45) is 1.87. The Hall–Kier alpha value is -3.44. The van der Waals surface area contributed by atoms with Crippen LogP contribution in [0, 0.1) is 0 Å². The summed E-state index contributed by atoms with van der Waals surface area (Å²) in [4.78, 5) is 18.2. The molecule has 2 heterocycles. The predicted molar refractivity (Wildman–Crippen MR) is 109 cm³/mol. The number of rotatable bonds is 3. The first kappa shape index (κ1) is 15.8. The molecule has 0 bridgehead atoms. The molecule has 0 aliphatic heterocycles.